The Morgan fingerprint density at radius 1 is 1.33 bits per heavy atom. The second kappa shape index (κ2) is 7.25. The van der Waals surface area contributed by atoms with Gasteiger partial charge >= 0.3 is 0 Å². The minimum absolute atomic E-state index is 0.0241. The lowest BCUT2D eigenvalue weighted by Gasteiger charge is -2.53. The topological polar surface area (TPSA) is 80.7 Å². The van der Waals surface area contributed by atoms with Crippen molar-refractivity contribution >= 4 is 29.0 Å². The molecular weight excluding hydrogens is 404 g/mol. The van der Waals surface area contributed by atoms with Crippen LogP contribution in [0.25, 0.3) is 0 Å². The summed E-state index contributed by atoms with van der Waals surface area (Å²) in [6.45, 7) is 5.40. The molecule has 0 heterocycles. The number of ether oxygens (including phenoxy) is 1. The number of allylic oxidation sites excluding steroid dienone is 6. The first-order valence-corrected chi connectivity index (χ1v) is 11.2. The highest BCUT2D eigenvalue weighted by Crippen LogP contribution is 2.65. The average Bonchev–Trinajstić information content (AvgIpc) is 2.94. The van der Waals surface area contributed by atoms with Gasteiger partial charge in [0.15, 0.2) is 23.0 Å². The van der Waals surface area contributed by atoms with Crippen molar-refractivity contribution in [2.45, 2.75) is 58.2 Å². The predicted molar refractivity (Wildman–Crippen MR) is 113 cm³/mol. The minimum Gasteiger partial charge on any atom is -0.379 e. The van der Waals surface area contributed by atoms with E-state index in [1.165, 1.54) is 12.5 Å². The van der Waals surface area contributed by atoms with Crippen molar-refractivity contribution in [3.05, 3.63) is 35.5 Å². The Labute approximate surface area is 182 Å². The number of Topliss-reactive ketones (excluding diaryl/α,β-unsaturated/α-hetero) is 2. The van der Waals surface area contributed by atoms with Crippen molar-refractivity contribution in [3.63, 3.8) is 0 Å². The van der Waals surface area contributed by atoms with E-state index in [0.717, 1.165) is 18.4 Å². The van der Waals surface area contributed by atoms with Gasteiger partial charge in [0.05, 0.1) is 12.0 Å². The number of alkyl halides is 1. The van der Waals surface area contributed by atoms with E-state index in [1.807, 2.05) is 13.0 Å². The van der Waals surface area contributed by atoms with Crippen LogP contribution in [0.15, 0.2) is 35.5 Å². The molecule has 2 fully saturated rings. The molecule has 6 atom stereocenters. The molecule has 0 aliphatic heterocycles. The summed E-state index contributed by atoms with van der Waals surface area (Å²) in [6, 6.07) is 0. The summed E-state index contributed by atoms with van der Waals surface area (Å²) >= 11 is 5.91. The highest BCUT2D eigenvalue weighted by Gasteiger charge is 2.68. The smallest absolute Gasteiger partial charge is 0.182 e. The molecule has 2 saturated carbocycles. The number of ketones is 3. The van der Waals surface area contributed by atoms with Crippen molar-refractivity contribution in [2.24, 2.45) is 22.7 Å². The van der Waals surface area contributed by atoms with Crippen molar-refractivity contribution in [1.82, 2.24) is 0 Å². The Kier molecular flexibility index (Phi) is 5.23. The van der Waals surface area contributed by atoms with E-state index in [4.69, 9.17) is 16.3 Å². The molecule has 0 aromatic rings. The van der Waals surface area contributed by atoms with E-state index < -0.39 is 22.9 Å². The van der Waals surface area contributed by atoms with Gasteiger partial charge in [-0.25, -0.2) is 0 Å². The molecule has 0 saturated heterocycles. The number of fused-ring (bicyclic) bond motifs is 5. The lowest BCUT2D eigenvalue weighted by atomic mass is 9.51. The molecule has 1 N–H and O–H groups in total. The second-order valence-corrected chi connectivity index (χ2v) is 9.97. The molecule has 0 bridgehead atoms. The van der Waals surface area contributed by atoms with E-state index in [-0.39, 0.29) is 41.3 Å². The van der Waals surface area contributed by atoms with Crippen LogP contribution < -0.4 is 0 Å². The van der Waals surface area contributed by atoms with Crippen LogP contribution >= 0.6 is 11.6 Å². The lowest BCUT2D eigenvalue weighted by molar-refractivity contribution is -0.172. The molecule has 0 spiro atoms. The molecule has 0 radical (unpaired) electrons. The zero-order valence-corrected chi connectivity index (χ0v) is 18.5. The average molecular weight is 433 g/mol. The fourth-order valence-electron chi connectivity index (χ4n) is 6.53. The number of carbonyl (C=O) groups is 3. The van der Waals surface area contributed by atoms with Gasteiger partial charge in [-0.3, -0.25) is 14.4 Å². The van der Waals surface area contributed by atoms with Crippen molar-refractivity contribution < 1.29 is 24.2 Å². The molecule has 0 unspecified atom stereocenters. The van der Waals surface area contributed by atoms with Gasteiger partial charge in [-0.15, -0.1) is 11.6 Å². The Morgan fingerprint density at radius 2 is 2.07 bits per heavy atom. The summed E-state index contributed by atoms with van der Waals surface area (Å²) in [6.07, 6.45) is 9.49. The molecule has 4 aliphatic rings. The fraction of sp³-hybridized carbons (Fsp3) is 0.625. The van der Waals surface area contributed by atoms with E-state index in [0.29, 0.717) is 12.8 Å². The molecule has 162 valence electrons. The number of carbonyl (C=O) groups excluding carboxylic acids is 3. The summed E-state index contributed by atoms with van der Waals surface area (Å²) in [5.74, 6) is -0.657. The normalized spacial score (nSPS) is 42.0. The van der Waals surface area contributed by atoms with Gasteiger partial charge in [-0.1, -0.05) is 30.2 Å². The van der Waals surface area contributed by atoms with Gasteiger partial charge in [-0.2, -0.15) is 0 Å². The van der Waals surface area contributed by atoms with Crippen molar-refractivity contribution in [3.8, 4) is 0 Å². The van der Waals surface area contributed by atoms with Crippen LogP contribution in [-0.4, -0.2) is 46.6 Å². The van der Waals surface area contributed by atoms with Gasteiger partial charge in [0, 0.05) is 10.8 Å². The Morgan fingerprint density at radius 3 is 2.73 bits per heavy atom. The van der Waals surface area contributed by atoms with Crippen molar-refractivity contribution in [1.29, 1.82) is 0 Å². The molecule has 0 aromatic carbocycles. The zero-order valence-electron chi connectivity index (χ0n) is 17.7. The van der Waals surface area contributed by atoms with E-state index in [1.54, 1.807) is 12.2 Å². The Bertz CT molecular complexity index is 901. The molecule has 30 heavy (non-hydrogen) atoms. The summed E-state index contributed by atoms with van der Waals surface area (Å²) < 4.78 is 5.81. The van der Waals surface area contributed by atoms with Gasteiger partial charge in [0.2, 0.25) is 0 Å². The van der Waals surface area contributed by atoms with Crippen LogP contribution in [0, 0.1) is 22.7 Å². The molecule has 4 rings (SSSR count). The largest absolute Gasteiger partial charge is 0.379 e. The van der Waals surface area contributed by atoms with Gasteiger partial charge in [0.1, 0.15) is 6.61 Å². The summed E-state index contributed by atoms with van der Waals surface area (Å²) in [5.41, 5.74) is -0.354. The molecule has 0 amide bonds. The first kappa shape index (κ1) is 21.7. The third-order valence-corrected chi connectivity index (χ3v) is 8.42. The van der Waals surface area contributed by atoms with Gasteiger partial charge in [0.25, 0.3) is 0 Å². The molecule has 4 aliphatic carbocycles. The maximum Gasteiger partial charge on any atom is 0.182 e. The Balaban J connectivity index is 1.75. The number of aliphatic hydroxyl groups is 1. The van der Waals surface area contributed by atoms with Crippen molar-refractivity contribution in [2.75, 3.05) is 12.5 Å². The van der Waals surface area contributed by atoms with Crippen LogP contribution in [0.3, 0.4) is 0 Å². The number of rotatable bonds is 5. The fourth-order valence-corrected chi connectivity index (χ4v) is 6.73. The minimum atomic E-state index is -1.73. The maximum atomic E-state index is 12.9. The first-order valence-electron chi connectivity index (χ1n) is 10.7. The summed E-state index contributed by atoms with van der Waals surface area (Å²) in [4.78, 5) is 36.4. The maximum absolute atomic E-state index is 12.9. The number of hydrogen-bond donors (Lipinski definition) is 1. The molecular formula is C24H29ClO5. The molecule has 0 aromatic heterocycles. The molecule has 6 heteroatoms. The first-order chi connectivity index (χ1) is 14.1. The third kappa shape index (κ3) is 2.85. The van der Waals surface area contributed by atoms with Crippen LogP contribution in [0.2, 0.25) is 0 Å². The van der Waals surface area contributed by atoms with E-state index in [2.05, 4.69) is 13.0 Å². The summed E-state index contributed by atoms with van der Waals surface area (Å²) in [7, 11) is 0. The van der Waals surface area contributed by atoms with E-state index >= 15 is 0 Å². The van der Waals surface area contributed by atoms with Gasteiger partial charge in [-0.05, 0) is 63.5 Å². The Hall–Kier alpha value is -1.56. The monoisotopic (exact) mass is 432 g/mol. The zero-order chi connectivity index (χ0) is 21.9. The molecule has 5 nitrogen and oxygen atoms in total. The quantitative estimate of drug-likeness (QED) is 0.532. The third-order valence-electron chi connectivity index (χ3n) is 8.18. The lowest BCUT2D eigenvalue weighted by Crippen LogP contribution is -2.59. The van der Waals surface area contributed by atoms with Crippen LogP contribution in [0.4, 0.5) is 0 Å². The number of hydrogen-bond acceptors (Lipinski definition) is 5. The standard InChI is InChI=1S/C24H29ClO5/c1-14(26)13-30-21-11-19-17-5-4-15-10-16(27)6-8-22(15,2)18(17)7-9-23(19,3)24(21,29)20(28)12-25/h6-8,10,17,19,21,29H,4-5,9,11-13H2,1-3H3/t17-,19+,21-,22+,23+,24-/m1/s1. The van der Waals surface area contributed by atoms with E-state index in [9.17, 15) is 19.5 Å². The van der Waals surface area contributed by atoms with Crippen LogP contribution in [-0.2, 0) is 19.1 Å². The summed E-state index contributed by atoms with van der Waals surface area (Å²) in [5, 5.41) is 11.7. The second-order valence-electron chi connectivity index (χ2n) is 9.70. The number of halogens is 1. The highest BCUT2D eigenvalue weighted by molar-refractivity contribution is 6.29. The van der Waals surface area contributed by atoms with Crippen LogP contribution in [0.1, 0.15) is 46.5 Å². The van der Waals surface area contributed by atoms with Crippen LogP contribution in [0.5, 0.6) is 0 Å². The SMILES string of the molecule is CC(=O)CO[C@@H]1C[C@H]2[C@@H]3CCC4=CC(=O)C=C[C@]4(C)C3=CC[C@]2(C)[C@@]1(O)C(=O)CCl. The predicted octanol–water partition coefficient (Wildman–Crippen LogP) is 3.34. The van der Waals surface area contributed by atoms with Gasteiger partial charge < -0.3 is 9.84 Å². The highest BCUT2D eigenvalue weighted by atomic mass is 35.5.